The van der Waals surface area contributed by atoms with Crippen LogP contribution >= 0.6 is 0 Å². The lowest BCUT2D eigenvalue weighted by atomic mass is 10.0. The minimum Gasteiger partial charge on any atom is -0.349 e. The van der Waals surface area contributed by atoms with E-state index in [1.54, 1.807) is 0 Å². The van der Waals surface area contributed by atoms with E-state index in [9.17, 15) is 0 Å². The Kier molecular flexibility index (Phi) is 2.15. The molecule has 0 aliphatic heterocycles. The Morgan fingerprint density at radius 2 is 1.77 bits per heavy atom. The minimum absolute atomic E-state index is 1.03. The van der Waals surface area contributed by atoms with Crippen LogP contribution in [0.25, 0.3) is 43.6 Å². The Hall–Kier alpha value is -2.94. The molecule has 5 rings (SSSR count). The lowest BCUT2D eigenvalue weighted by Crippen LogP contribution is -1.92. The van der Waals surface area contributed by atoms with E-state index < -0.39 is 0 Å². The maximum absolute atomic E-state index is 4.94. The number of pyridine rings is 2. The molecule has 0 amide bonds. The van der Waals surface area contributed by atoms with E-state index in [2.05, 4.69) is 59.2 Å². The van der Waals surface area contributed by atoms with Gasteiger partial charge >= 0.3 is 0 Å². The van der Waals surface area contributed by atoms with Crippen LogP contribution in [-0.2, 0) is 7.05 Å². The summed E-state index contributed by atoms with van der Waals surface area (Å²) < 4.78 is 2.13. The zero-order valence-corrected chi connectivity index (χ0v) is 12.1. The molecule has 0 radical (unpaired) electrons. The number of benzene rings is 2. The number of fused-ring (bicyclic) bond motifs is 7. The van der Waals surface area contributed by atoms with Crippen LogP contribution in [0.2, 0.25) is 0 Å². The smallest absolute Gasteiger partial charge is 0.0960 e. The molecule has 0 N–H and O–H groups in total. The predicted octanol–water partition coefficient (Wildman–Crippen LogP) is 4.43. The number of para-hydroxylation sites is 1. The topological polar surface area (TPSA) is 30.7 Å². The van der Waals surface area contributed by atoms with E-state index in [4.69, 9.17) is 4.98 Å². The van der Waals surface area contributed by atoms with Crippen LogP contribution in [0.1, 0.15) is 0 Å². The highest BCUT2D eigenvalue weighted by atomic mass is 14.9. The summed E-state index contributed by atoms with van der Waals surface area (Å²) in [5.41, 5.74) is 4.26. The minimum atomic E-state index is 1.03. The largest absolute Gasteiger partial charge is 0.349 e. The SMILES string of the molecule is Cn1ccc2c3ncccc3c3cc4ccccc4nc3c21. The van der Waals surface area contributed by atoms with E-state index in [0.717, 1.165) is 43.6 Å². The maximum atomic E-state index is 4.94. The van der Waals surface area contributed by atoms with E-state index in [1.807, 2.05) is 18.3 Å². The molecule has 0 aliphatic carbocycles. The molecule has 3 nitrogen and oxygen atoms in total. The number of rotatable bonds is 0. The molecule has 0 fully saturated rings. The first-order chi connectivity index (χ1) is 10.8. The number of aromatic nitrogens is 3. The first kappa shape index (κ1) is 11.7. The first-order valence-electron chi connectivity index (χ1n) is 7.34. The van der Waals surface area contributed by atoms with Gasteiger partial charge in [0.05, 0.1) is 22.1 Å². The van der Waals surface area contributed by atoms with Crippen molar-refractivity contribution in [3.8, 4) is 0 Å². The van der Waals surface area contributed by atoms with Gasteiger partial charge in [-0.15, -0.1) is 0 Å². The van der Waals surface area contributed by atoms with E-state index in [1.165, 1.54) is 0 Å². The molecule has 3 heteroatoms. The van der Waals surface area contributed by atoms with Crippen LogP contribution < -0.4 is 0 Å². The fourth-order valence-electron chi connectivity index (χ4n) is 3.35. The van der Waals surface area contributed by atoms with Gasteiger partial charge in [0.25, 0.3) is 0 Å². The average Bonchev–Trinajstić information content (AvgIpc) is 2.96. The Labute approximate surface area is 126 Å². The molecule has 3 aromatic heterocycles. The lowest BCUT2D eigenvalue weighted by molar-refractivity contribution is 0.972. The highest BCUT2D eigenvalue weighted by Crippen LogP contribution is 2.34. The fraction of sp³-hybridized carbons (Fsp3) is 0.0526. The molecule has 22 heavy (non-hydrogen) atoms. The number of nitrogens with zero attached hydrogens (tertiary/aromatic N) is 3. The molecule has 104 valence electrons. The summed E-state index contributed by atoms with van der Waals surface area (Å²) in [6.45, 7) is 0. The molecule has 2 aromatic carbocycles. The highest BCUT2D eigenvalue weighted by molar-refractivity contribution is 6.23. The van der Waals surface area contributed by atoms with Crippen LogP contribution in [0.5, 0.6) is 0 Å². The summed E-state index contributed by atoms with van der Waals surface area (Å²) in [7, 11) is 2.06. The van der Waals surface area contributed by atoms with Crippen molar-refractivity contribution in [2.24, 2.45) is 7.05 Å². The first-order valence-corrected chi connectivity index (χ1v) is 7.34. The van der Waals surface area contributed by atoms with Crippen molar-refractivity contribution >= 4 is 43.6 Å². The second-order valence-electron chi connectivity index (χ2n) is 5.67. The quantitative estimate of drug-likeness (QED) is 0.311. The highest BCUT2D eigenvalue weighted by Gasteiger charge is 2.13. The van der Waals surface area contributed by atoms with Crippen molar-refractivity contribution < 1.29 is 0 Å². The van der Waals surface area contributed by atoms with E-state index >= 15 is 0 Å². The average molecular weight is 283 g/mol. The molecule has 0 bridgehead atoms. The zero-order valence-electron chi connectivity index (χ0n) is 12.1. The lowest BCUT2D eigenvalue weighted by Gasteiger charge is -2.09. The predicted molar refractivity (Wildman–Crippen MR) is 91.0 cm³/mol. The van der Waals surface area contributed by atoms with Gasteiger partial charge in [-0.3, -0.25) is 4.98 Å². The van der Waals surface area contributed by atoms with Crippen LogP contribution in [0.15, 0.2) is 60.9 Å². The molecule has 5 aromatic rings. The van der Waals surface area contributed by atoms with Crippen molar-refractivity contribution in [1.29, 1.82) is 0 Å². The third-order valence-corrected chi connectivity index (χ3v) is 4.37. The van der Waals surface area contributed by atoms with Crippen LogP contribution in [0, 0.1) is 0 Å². The summed E-state index contributed by atoms with van der Waals surface area (Å²) in [5.74, 6) is 0. The number of hydrogen-bond donors (Lipinski definition) is 0. The van der Waals surface area contributed by atoms with Gasteiger partial charge in [0.1, 0.15) is 0 Å². The number of aryl methyl sites for hydroxylation is 1. The van der Waals surface area contributed by atoms with Gasteiger partial charge in [-0.05, 0) is 24.3 Å². The molecule has 0 unspecified atom stereocenters. The van der Waals surface area contributed by atoms with Gasteiger partial charge in [0.15, 0.2) is 0 Å². The Morgan fingerprint density at radius 3 is 2.73 bits per heavy atom. The van der Waals surface area contributed by atoms with Crippen molar-refractivity contribution in [3.63, 3.8) is 0 Å². The van der Waals surface area contributed by atoms with Crippen LogP contribution in [0.4, 0.5) is 0 Å². The second-order valence-corrected chi connectivity index (χ2v) is 5.67. The zero-order chi connectivity index (χ0) is 14.7. The molecular weight excluding hydrogens is 270 g/mol. The van der Waals surface area contributed by atoms with Crippen molar-refractivity contribution in [1.82, 2.24) is 14.5 Å². The van der Waals surface area contributed by atoms with Crippen molar-refractivity contribution in [2.45, 2.75) is 0 Å². The van der Waals surface area contributed by atoms with Crippen molar-refractivity contribution in [2.75, 3.05) is 0 Å². The van der Waals surface area contributed by atoms with Gasteiger partial charge in [0.2, 0.25) is 0 Å². The Morgan fingerprint density at radius 1 is 0.864 bits per heavy atom. The van der Waals surface area contributed by atoms with E-state index in [0.29, 0.717) is 0 Å². The molecule has 0 atom stereocenters. The summed E-state index contributed by atoms with van der Waals surface area (Å²) in [4.78, 5) is 9.55. The van der Waals surface area contributed by atoms with Gasteiger partial charge < -0.3 is 4.57 Å². The van der Waals surface area contributed by atoms with E-state index in [-0.39, 0.29) is 0 Å². The van der Waals surface area contributed by atoms with Crippen LogP contribution in [0.3, 0.4) is 0 Å². The summed E-state index contributed by atoms with van der Waals surface area (Å²) in [5, 5.41) is 4.65. The molecule has 0 aliphatic rings. The van der Waals surface area contributed by atoms with Crippen LogP contribution in [-0.4, -0.2) is 14.5 Å². The standard InChI is InChI=1S/C19H13N3/c1-22-10-8-14-17-13(6-4-9-20-17)15-11-12-5-2-3-7-16(12)21-18(15)19(14)22/h2-11H,1H3. The second kappa shape index (κ2) is 4.04. The summed E-state index contributed by atoms with van der Waals surface area (Å²) in [6.07, 6.45) is 3.93. The van der Waals surface area contributed by atoms with Crippen molar-refractivity contribution in [3.05, 3.63) is 60.9 Å². The normalized spacial score (nSPS) is 11.9. The van der Waals surface area contributed by atoms with Gasteiger partial charge in [-0.1, -0.05) is 24.3 Å². The number of hydrogen-bond acceptors (Lipinski definition) is 2. The Balaban J connectivity index is 2.19. The fourth-order valence-corrected chi connectivity index (χ4v) is 3.35. The third-order valence-electron chi connectivity index (χ3n) is 4.37. The molecule has 0 saturated heterocycles. The monoisotopic (exact) mass is 283 g/mol. The molecular formula is C19H13N3. The summed E-state index contributed by atoms with van der Waals surface area (Å²) >= 11 is 0. The molecule has 0 saturated carbocycles. The molecule has 3 heterocycles. The van der Waals surface area contributed by atoms with Gasteiger partial charge in [-0.25, -0.2) is 4.98 Å². The Bertz CT molecular complexity index is 1190. The van der Waals surface area contributed by atoms with Gasteiger partial charge in [-0.2, -0.15) is 0 Å². The third kappa shape index (κ3) is 1.40. The molecule has 0 spiro atoms. The van der Waals surface area contributed by atoms with Gasteiger partial charge in [0, 0.05) is 41.0 Å². The summed E-state index contributed by atoms with van der Waals surface area (Å²) in [6, 6.07) is 16.7. The maximum Gasteiger partial charge on any atom is 0.0960 e.